The van der Waals surface area contributed by atoms with Gasteiger partial charge in [0.1, 0.15) is 17.2 Å². The number of halogens is 2. The Balaban J connectivity index is 1.81. The number of aromatic nitrogens is 3. The second-order valence-corrected chi connectivity index (χ2v) is 8.05. The van der Waals surface area contributed by atoms with Gasteiger partial charge in [-0.15, -0.1) is 6.42 Å². The maximum Gasteiger partial charge on any atom is 0.220 e. The topological polar surface area (TPSA) is 65.1 Å². The van der Waals surface area contributed by atoms with Gasteiger partial charge in [0.25, 0.3) is 0 Å². The molecule has 0 bridgehead atoms. The molecule has 1 fully saturated rings. The maximum absolute atomic E-state index is 15.0. The summed E-state index contributed by atoms with van der Waals surface area (Å²) in [6, 6.07) is 3.01. The minimum absolute atomic E-state index is 0.0247. The molecule has 8 heteroatoms. The van der Waals surface area contributed by atoms with Crippen molar-refractivity contribution in [3.8, 4) is 23.6 Å². The molecule has 6 nitrogen and oxygen atoms in total. The molecule has 0 spiro atoms. The number of carbonyl (C=O) groups excluding carboxylic acids is 1. The molecule has 154 valence electrons. The molecule has 3 aromatic rings. The van der Waals surface area contributed by atoms with Crippen LogP contribution in [0.25, 0.3) is 22.3 Å². The first-order valence-corrected chi connectivity index (χ1v) is 10.0. The van der Waals surface area contributed by atoms with E-state index in [1.54, 1.807) is 19.2 Å². The number of hydrogen-bond acceptors (Lipinski definition) is 4. The summed E-state index contributed by atoms with van der Waals surface area (Å²) >= 11 is 6.09. The monoisotopic (exact) mass is 425 g/mol. The van der Waals surface area contributed by atoms with Crippen molar-refractivity contribution in [2.24, 2.45) is 0 Å². The number of fused-ring (bicyclic) bond motifs is 1. The van der Waals surface area contributed by atoms with Gasteiger partial charge < -0.3 is 14.8 Å². The number of nitrogens with one attached hydrogen (secondary N) is 1. The van der Waals surface area contributed by atoms with E-state index in [0.717, 1.165) is 0 Å². The molecular weight excluding hydrogens is 405 g/mol. The lowest BCUT2D eigenvalue weighted by Gasteiger charge is -2.44. The van der Waals surface area contributed by atoms with Crippen molar-refractivity contribution >= 4 is 34.4 Å². The summed E-state index contributed by atoms with van der Waals surface area (Å²) in [5.74, 6) is 2.59. The first kappa shape index (κ1) is 20.2. The molecule has 0 aromatic carbocycles. The fourth-order valence-corrected chi connectivity index (χ4v) is 4.46. The van der Waals surface area contributed by atoms with Crippen LogP contribution in [0.2, 0.25) is 5.02 Å². The summed E-state index contributed by atoms with van der Waals surface area (Å²) in [6.45, 7) is 6.64. The molecule has 1 N–H and O–H groups in total. The number of pyridine rings is 2. The Labute approximate surface area is 179 Å². The highest BCUT2D eigenvalue weighted by atomic mass is 35.5. The Hall–Kier alpha value is -3.11. The van der Waals surface area contributed by atoms with Crippen molar-refractivity contribution in [1.29, 1.82) is 0 Å². The molecule has 4 rings (SSSR count). The molecule has 2 atom stereocenters. The molecular formula is C22H21ClFN5O. The summed E-state index contributed by atoms with van der Waals surface area (Å²) in [6.07, 6.45) is 8.86. The van der Waals surface area contributed by atoms with Crippen LogP contribution in [0.15, 0.2) is 24.5 Å². The van der Waals surface area contributed by atoms with Gasteiger partial charge >= 0.3 is 0 Å². The number of amides is 1. The highest BCUT2D eigenvalue weighted by Gasteiger charge is 2.33. The molecule has 0 aliphatic carbocycles. The zero-order valence-corrected chi connectivity index (χ0v) is 17.7. The maximum atomic E-state index is 15.0. The van der Waals surface area contributed by atoms with E-state index in [9.17, 15) is 4.79 Å². The van der Waals surface area contributed by atoms with Gasteiger partial charge in [-0.1, -0.05) is 17.5 Å². The molecule has 1 amide bonds. The van der Waals surface area contributed by atoms with Crippen LogP contribution in [0.1, 0.15) is 26.3 Å². The number of terminal acetylenes is 1. The predicted molar refractivity (Wildman–Crippen MR) is 116 cm³/mol. The third-order valence-corrected chi connectivity index (χ3v) is 5.65. The molecule has 0 saturated carbocycles. The SMILES string of the molecule is C#Cc1cc(F)c(-c2c[nH]c3ncc(Cl)cc23)nc1N1C[C@@H](C)N(C(C)=O)[C@@H](C)C1. The lowest BCUT2D eigenvalue weighted by atomic mass is 10.1. The number of H-pyrrole nitrogens is 1. The van der Waals surface area contributed by atoms with Gasteiger partial charge in [-0.25, -0.2) is 14.4 Å². The lowest BCUT2D eigenvalue weighted by Crippen LogP contribution is -2.58. The number of nitrogens with zero attached hydrogens (tertiary/aromatic N) is 4. The molecule has 3 aromatic heterocycles. The minimum Gasteiger partial charge on any atom is -0.351 e. The van der Waals surface area contributed by atoms with Gasteiger partial charge in [-0.2, -0.15) is 0 Å². The molecule has 0 radical (unpaired) electrons. The molecule has 1 aliphatic heterocycles. The summed E-state index contributed by atoms with van der Waals surface area (Å²) in [7, 11) is 0. The average Bonchev–Trinajstić information content (AvgIpc) is 3.09. The largest absolute Gasteiger partial charge is 0.351 e. The Morgan fingerprint density at radius 2 is 2.03 bits per heavy atom. The van der Waals surface area contributed by atoms with Crippen molar-refractivity contribution in [2.45, 2.75) is 32.9 Å². The number of piperazine rings is 1. The number of carbonyl (C=O) groups is 1. The van der Waals surface area contributed by atoms with E-state index < -0.39 is 5.82 Å². The van der Waals surface area contributed by atoms with E-state index in [1.807, 2.05) is 23.6 Å². The smallest absolute Gasteiger partial charge is 0.220 e. The first-order chi connectivity index (χ1) is 14.3. The van der Waals surface area contributed by atoms with Crippen molar-refractivity contribution in [3.63, 3.8) is 0 Å². The second kappa shape index (κ2) is 7.62. The van der Waals surface area contributed by atoms with Crippen LogP contribution in [-0.2, 0) is 4.79 Å². The van der Waals surface area contributed by atoms with Gasteiger partial charge in [-0.3, -0.25) is 4.79 Å². The van der Waals surface area contributed by atoms with E-state index in [-0.39, 0.29) is 23.7 Å². The van der Waals surface area contributed by atoms with Crippen LogP contribution >= 0.6 is 11.6 Å². The molecule has 30 heavy (non-hydrogen) atoms. The van der Waals surface area contributed by atoms with Crippen molar-refractivity contribution in [1.82, 2.24) is 19.9 Å². The molecule has 1 aliphatic rings. The fourth-order valence-electron chi connectivity index (χ4n) is 4.31. The van der Waals surface area contributed by atoms with E-state index in [0.29, 0.717) is 46.1 Å². The van der Waals surface area contributed by atoms with Gasteiger partial charge in [0.2, 0.25) is 5.91 Å². The summed E-state index contributed by atoms with van der Waals surface area (Å²) in [4.78, 5) is 27.8. The van der Waals surface area contributed by atoms with Crippen LogP contribution < -0.4 is 4.90 Å². The zero-order valence-electron chi connectivity index (χ0n) is 16.9. The number of hydrogen-bond donors (Lipinski definition) is 1. The Morgan fingerprint density at radius 1 is 1.33 bits per heavy atom. The summed E-state index contributed by atoms with van der Waals surface area (Å²) in [5, 5.41) is 1.13. The van der Waals surface area contributed by atoms with Crippen LogP contribution in [0, 0.1) is 18.2 Å². The lowest BCUT2D eigenvalue weighted by molar-refractivity contribution is -0.133. The highest BCUT2D eigenvalue weighted by molar-refractivity contribution is 6.31. The van der Waals surface area contributed by atoms with Crippen LogP contribution in [0.4, 0.5) is 10.2 Å². The van der Waals surface area contributed by atoms with Crippen molar-refractivity contribution in [2.75, 3.05) is 18.0 Å². The molecule has 4 heterocycles. The standard InChI is InChI=1S/C22H21ClFN5O/c1-5-15-6-19(24)20(18-9-26-21-17(18)7-16(23)8-25-21)27-22(15)28-10-12(2)29(14(4)30)13(3)11-28/h1,6-9,12-13H,10-11H2,2-4H3,(H,25,26)/t12-,13+. The normalized spacial score (nSPS) is 19.2. The minimum atomic E-state index is -0.518. The van der Waals surface area contributed by atoms with Crippen LogP contribution in [0.5, 0.6) is 0 Å². The Bertz CT molecular complexity index is 1170. The summed E-state index contributed by atoms with van der Waals surface area (Å²) < 4.78 is 15.0. The van der Waals surface area contributed by atoms with Crippen molar-refractivity contribution < 1.29 is 9.18 Å². The third kappa shape index (κ3) is 3.37. The van der Waals surface area contributed by atoms with E-state index in [2.05, 4.69) is 20.9 Å². The Kier molecular flexibility index (Phi) is 5.12. The van der Waals surface area contributed by atoms with Gasteiger partial charge in [0.05, 0.1) is 10.6 Å². The first-order valence-electron chi connectivity index (χ1n) is 9.64. The second-order valence-electron chi connectivity index (χ2n) is 7.62. The molecule has 0 unspecified atom stereocenters. The van der Waals surface area contributed by atoms with E-state index in [1.165, 1.54) is 12.3 Å². The third-order valence-electron chi connectivity index (χ3n) is 5.45. The van der Waals surface area contributed by atoms with E-state index in [4.69, 9.17) is 18.0 Å². The van der Waals surface area contributed by atoms with Crippen LogP contribution in [0.3, 0.4) is 0 Å². The van der Waals surface area contributed by atoms with Crippen LogP contribution in [-0.4, -0.2) is 50.9 Å². The van der Waals surface area contributed by atoms with Gasteiger partial charge in [0, 0.05) is 55.4 Å². The number of rotatable bonds is 2. The fraction of sp³-hybridized carbons (Fsp3) is 0.318. The highest BCUT2D eigenvalue weighted by Crippen LogP contribution is 2.33. The van der Waals surface area contributed by atoms with Gasteiger partial charge in [0.15, 0.2) is 5.82 Å². The zero-order chi connectivity index (χ0) is 21.6. The number of aromatic amines is 1. The Morgan fingerprint density at radius 3 is 2.67 bits per heavy atom. The predicted octanol–water partition coefficient (Wildman–Crippen LogP) is 3.84. The quantitative estimate of drug-likeness (QED) is 0.633. The molecule has 1 saturated heterocycles. The summed E-state index contributed by atoms with van der Waals surface area (Å²) in [5.41, 5.74) is 1.71. The van der Waals surface area contributed by atoms with E-state index >= 15 is 4.39 Å². The van der Waals surface area contributed by atoms with Gasteiger partial charge in [-0.05, 0) is 26.0 Å². The average molecular weight is 426 g/mol. The van der Waals surface area contributed by atoms with Crippen molar-refractivity contribution in [3.05, 3.63) is 40.9 Å². The number of anilines is 1.